The molecule has 0 radical (unpaired) electrons. The Labute approximate surface area is 239 Å². The number of primary amides is 1. The van der Waals surface area contributed by atoms with Gasteiger partial charge in [0, 0.05) is 37.2 Å². The maximum absolute atomic E-state index is 13.2. The first-order valence-electron chi connectivity index (χ1n) is 13.5. The van der Waals surface area contributed by atoms with Gasteiger partial charge in [0.2, 0.25) is 17.7 Å². The van der Waals surface area contributed by atoms with E-state index < -0.39 is 29.9 Å². The van der Waals surface area contributed by atoms with Crippen LogP contribution in [-0.4, -0.2) is 70.7 Å². The third-order valence-corrected chi connectivity index (χ3v) is 6.29. The highest BCUT2D eigenvalue weighted by Crippen LogP contribution is 2.11. The SMILES string of the molecule is CC(C)[C@H](NC(=O)CCCCCN1C(=O)C=CC1=O)C(=O)N[C@@H](CCCNC(N)=O)C(=O)Nc1c#cc(CO)cc1. The average molecular weight is 571 g/mol. The van der Waals surface area contributed by atoms with Crippen LogP contribution in [0.5, 0.6) is 0 Å². The third kappa shape index (κ3) is 11.3. The predicted molar refractivity (Wildman–Crippen MR) is 149 cm³/mol. The number of hydrogen-bond donors (Lipinski definition) is 6. The van der Waals surface area contributed by atoms with Gasteiger partial charge in [-0.15, -0.1) is 0 Å². The van der Waals surface area contributed by atoms with Crippen molar-refractivity contribution in [3.05, 3.63) is 42.0 Å². The molecule has 0 saturated carbocycles. The third-order valence-electron chi connectivity index (χ3n) is 6.29. The summed E-state index contributed by atoms with van der Waals surface area (Å²) in [4.78, 5) is 74.1. The second-order valence-corrected chi connectivity index (χ2v) is 9.93. The zero-order chi connectivity index (χ0) is 30.4. The lowest BCUT2D eigenvalue weighted by molar-refractivity contribution is -0.137. The van der Waals surface area contributed by atoms with Gasteiger partial charge in [0.15, 0.2) is 0 Å². The lowest BCUT2D eigenvalue weighted by Crippen LogP contribution is -2.54. The summed E-state index contributed by atoms with van der Waals surface area (Å²) in [5.74, 6) is -2.38. The first-order valence-corrected chi connectivity index (χ1v) is 13.5. The minimum atomic E-state index is -0.994. The van der Waals surface area contributed by atoms with Gasteiger partial charge in [0.1, 0.15) is 12.1 Å². The maximum atomic E-state index is 13.2. The number of unbranched alkanes of at least 4 members (excludes halogenated alkanes) is 2. The van der Waals surface area contributed by atoms with Gasteiger partial charge in [-0.2, -0.15) is 0 Å². The molecule has 1 aromatic carbocycles. The van der Waals surface area contributed by atoms with Crippen molar-refractivity contribution >= 4 is 41.3 Å². The smallest absolute Gasteiger partial charge is 0.312 e. The molecule has 2 atom stereocenters. The fourth-order valence-electron chi connectivity index (χ4n) is 4.01. The Hall–Kier alpha value is -4.44. The summed E-state index contributed by atoms with van der Waals surface area (Å²) in [6, 6.07) is 5.95. The van der Waals surface area contributed by atoms with Crippen LogP contribution in [0.1, 0.15) is 57.9 Å². The first kappa shape index (κ1) is 32.8. The zero-order valence-electron chi connectivity index (χ0n) is 23.3. The topological polar surface area (TPSA) is 200 Å². The molecule has 1 aliphatic rings. The number of rotatable bonds is 17. The highest BCUT2D eigenvalue weighted by molar-refractivity contribution is 6.12. The monoisotopic (exact) mass is 570 g/mol. The minimum absolute atomic E-state index is 0.148. The number of carbonyl (C=O) groups excluding carboxylic acids is 6. The highest BCUT2D eigenvalue weighted by Gasteiger charge is 2.29. The number of nitrogens with two attached hydrogens (primary N) is 1. The van der Waals surface area contributed by atoms with Gasteiger partial charge < -0.3 is 32.1 Å². The summed E-state index contributed by atoms with van der Waals surface area (Å²) < 4.78 is 0. The van der Waals surface area contributed by atoms with Gasteiger partial charge in [-0.25, -0.2) is 4.79 Å². The van der Waals surface area contributed by atoms with Crippen LogP contribution >= 0.6 is 0 Å². The van der Waals surface area contributed by atoms with Crippen molar-refractivity contribution in [2.75, 3.05) is 18.4 Å². The molecule has 1 heterocycles. The second-order valence-electron chi connectivity index (χ2n) is 9.93. The fourth-order valence-corrected chi connectivity index (χ4v) is 4.01. The normalized spacial score (nSPS) is 13.9. The number of nitrogens with zero attached hydrogens (tertiary/aromatic N) is 1. The van der Waals surface area contributed by atoms with Crippen molar-refractivity contribution in [3.63, 3.8) is 0 Å². The van der Waals surface area contributed by atoms with Crippen LogP contribution in [0.4, 0.5) is 10.5 Å². The van der Waals surface area contributed by atoms with Gasteiger partial charge >= 0.3 is 6.03 Å². The largest absolute Gasteiger partial charge is 0.391 e. The first-order chi connectivity index (χ1) is 19.5. The molecule has 2 rings (SSSR count). The number of imide groups is 1. The highest BCUT2D eigenvalue weighted by atomic mass is 16.3. The molecule has 222 valence electrons. The molecule has 0 spiro atoms. The number of aliphatic hydroxyl groups excluding tert-OH is 1. The molecule has 1 aromatic rings. The predicted octanol–water partition coefficient (Wildman–Crippen LogP) is 0.277. The zero-order valence-corrected chi connectivity index (χ0v) is 23.3. The summed E-state index contributed by atoms with van der Waals surface area (Å²) in [5, 5.41) is 19.7. The van der Waals surface area contributed by atoms with E-state index in [0.717, 1.165) is 4.90 Å². The molecular formula is C28H38N6O7. The van der Waals surface area contributed by atoms with Crippen molar-refractivity contribution in [1.82, 2.24) is 20.9 Å². The van der Waals surface area contributed by atoms with Crippen molar-refractivity contribution in [2.45, 2.75) is 71.1 Å². The van der Waals surface area contributed by atoms with E-state index in [1.54, 1.807) is 26.0 Å². The van der Waals surface area contributed by atoms with Crippen LogP contribution in [0.25, 0.3) is 0 Å². The summed E-state index contributed by atoms with van der Waals surface area (Å²) in [7, 11) is 0. The molecule has 0 bridgehead atoms. The van der Waals surface area contributed by atoms with E-state index in [9.17, 15) is 28.8 Å². The Morgan fingerprint density at radius 1 is 0.951 bits per heavy atom. The number of nitrogens with one attached hydrogen (secondary N) is 4. The van der Waals surface area contributed by atoms with Gasteiger partial charge in [0.25, 0.3) is 11.8 Å². The van der Waals surface area contributed by atoms with Crippen molar-refractivity contribution in [3.8, 4) is 0 Å². The summed E-state index contributed by atoms with van der Waals surface area (Å²) >= 11 is 0. The Morgan fingerprint density at radius 2 is 1.66 bits per heavy atom. The molecule has 41 heavy (non-hydrogen) atoms. The van der Waals surface area contributed by atoms with Gasteiger partial charge in [-0.05, 0) is 49.8 Å². The standard InChI is InChI=1S/C28H38N6O7/c1-18(2)25(33-22(36)8-4-3-5-16-34-23(37)13-14-24(34)38)27(40)32-21(7-6-15-30-28(29)41)26(39)31-20-11-9-19(17-35)10-12-20/h9,11,13-14,18,21,25,35H,3-8,15-17H2,1-2H3,(H,31,39)(H,32,40)(H,33,36)(H3,29,30,41)/t21-,25-/m0/s1. The molecule has 7 amide bonds. The molecule has 0 saturated heterocycles. The summed E-state index contributed by atoms with van der Waals surface area (Å²) in [5.41, 5.74) is 5.88. The lowest BCUT2D eigenvalue weighted by atomic mass is 10.0. The van der Waals surface area contributed by atoms with E-state index in [4.69, 9.17) is 10.8 Å². The second kappa shape index (κ2) is 16.6. The number of urea groups is 1. The van der Waals surface area contributed by atoms with Crippen LogP contribution in [0.2, 0.25) is 0 Å². The molecule has 7 N–H and O–H groups in total. The number of amides is 7. The molecule has 1 aliphatic heterocycles. The Bertz CT molecular complexity index is 1100. The molecule has 0 aliphatic carbocycles. The summed E-state index contributed by atoms with van der Waals surface area (Å²) in [6.07, 6.45) is 4.78. The van der Waals surface area contributed by atoms with Crippen LogP contribution in [-0.2, 0) is 30.6 Å². The van der Waals surface area contributed by atoms with Gasteiger partial charge in [0.05, 0.1) is 12.3 Å². The van der Waals surface area contributed by atoms with Gasteiger partial charge in [-0.1, -0.05) is 26.3 Å². The van der Waals surface area contributed by atoms with Crippen LogP contribution in [0, 0.1) is 18.1 Å². The van der Waals surface area contributed by atoms with Crippen LogP contribution in [0.15, 0.2) is 24.3 Å². The molecule has 0 unspecified atom stereocenters. The number of aliphatic hydroxyl groups is 1. The minimum Gasteiger partial charge on any atom is -0.391 e. The molecular weight excluding hydrogens is 532 g/mol. The van der Waals surface area contributed by atoms with E-state index >= 15 is 0 Å². The molecule has 13 nitrogen and oxygen atoms in total. The number of hydrogen-bond acceptors (Lipinski definition) is 7. The van der Waals surface area contributed by atoms with E-state index in [2.05, 4.69) is 33.4 Å². The Morgan fingerprint density at radius 3 is 2.24 bits per heavy atom. The van der Waals surface area contributed by atoms with Crippen molar-refractivity contribution < 1.29 is 33.9 Å². The Kier molecular flexibility index (Phi) is 13.3. The van der Waals surface area contributed by atoms with Crippen LogP contribution in [0.3, 0.4) is 0 Å². The maximum Gasteiger partial charge on any atom is 0.312 e. The average Bonchev–Trinajstić information content (AvgIpc) is 3.25. The number of carbonyl (C=O) groups is 6. The van der Waals surface area contributed by atoms with E-state index in [-0.39, 0.29) is 56.2 Å². The molecule has 0 aromatic heterocycles. The fraction of sp³-hybridized carbons (Fsp3) is 0.500. The van der Waals surface area contributed by atoms with Crippen molar-refractivity contribution in [2.24, 2.45) is 11.7 Å². The van der Waals surface area contributed by atoms with E-state index in [1.165, 1.54) is 12.2 Å². The lowest BCUT2D eigenvalue weighted by Gasteiger charge is -2.25. The summed E-state index contributed by atoms with van der Waals surface area (Å²) in [6.45, 7) is 3.78. The van der Waals surface area contributed by atoms with Crippen molar-refractivity contribution in [1.29, 1.82) is 0 Å². The van der Waals surface area contributed by atoms with Gasteiger partial charge in [-0.3, -0.25) is 28.9 Å². The van der Waals surface area contributed by atoms with E-state index in [1.807, 2.05) is 0 Å². The molecule has 0 fully saturated rings. The quantitative estimate of drug-likeness (QED) is 0.114. The van der Waals surface area contributed by atoms with E-state index in [0.29, 0.717) is 36.9 Å². The van der Waals surface area contributed by atoms with Crippen LogP contribution < -0.4 is 27.0 Å². The molecule has 13 heteroatoms. The Balaban J connectivity index is 1.92. The number of anilines is 1.